The Labute approximate surface area is 134 Å². The van der Waals surface area contributed by atoms with E-state index in [9.17, 15) is 0 Å². The van der Waals surface area contributed by atoms with Crippen LogP contribution < -0.4 is 0 Å². The zero-order chi connectivity index (χ0) is 14.4. The van der Waals surface area contributed by atoms with Crippen molar-refractivity contribution in [2.24, 2.45) is 23.2 Å². The number of hydrogen-bond donors (Lipinski definition) is 0. The van der Waals surface area contributed by atoms with Gasteiger partial charge in [0.2, 0.25) is 0 Å². The molecule has 0 N–H and O–H groups in total. The van der Waals surface area contributed by atoms with Gasteiger partial charge >= 0.3 is 0 Å². The molecular weight excluding hydrogens is 264 g/mol. The smallest absolute Gasteiger partial charge is 0.00127 e. The third-order valence-electron chi connectivity index (χ3n) is 8.58. The van der Waals surface area contributed by atoms with Gasteiger partial charge in [-0.2, -0.15) is 0 Å². The fraction of sp³-hybridized carbons (Fsp3) is 0.727. The first-order chi connectivity index (χ1) is 10.8. The van der Waals surface area contributed by atoms with Crippen LogP contribution in [0.5, 0.6) is 0 Å². The highest BCUT2D eigenvalue weighted by molar-refractivity contribution is 5.39. The number of benzene rings is 1. The fourth-order valence-corrected chi connectivity index (χ4v) is 7.22. The van der Waals surface area contributed by atoms with Gasteiger partial charge in [-0.25, -0.2) is 0 Å². The molecule has 0 saturated heterocycles. The van der Waals surface area contributed by atoms with Crippen molar-refractivity contribution < 1.29 is 0 Å². The van der Waals surface area contributed by atoms with Gasteiger partial charge in [0, 0.05) is 0 Å². The largest absolute Gasteiger partial charge is 0.0585 e. The molecule has 0 heteroatoms. The molecule has 1 aromatic carbocycles. The van der Waals surface area contributed by atoms with E-state index in [2.05, 4.69) is 24.3 Å². The molecule has 0 amide bonds. The van der Waals surface area contributed by atoms with Crippen LogP contribution in [0.15, 0.2) is 24.3 Å². The van der Waals surface area contributed by atoms with Crippen LogP contribution in [0.1, 0.15) is 81.3 Å². The van der Waals surface area contributed by atoms with E-state index >= 15 is 0 Å². The third-order valence-corrected chi connectivity index (χ3v) is 8.58. The van der Waals surface area contributed by atoms with Gasteiger partial charge in [0.1, 0.15) is 0 Å². The minimum absolute atomic E-state index is 0.631. The quantitative estimate of drug-likeness (QED) is 0.566. The summed E-state index contributed by atoms with van der Waals surface area (Å²) >= 11 is 0. The zero-order valence-corrected chi connectivity index (χ0v) is 13.7. The number of rotatable bonds is 0. The summed E-state index contributed by atoms with van der Waals surface area (Å²) in [5, 5.41) is 0. The highest BCUT2D eigenvalue weighted by Gasteiger charge is 2.61. The normalized spacial score (nSPS) is 51.1. The summed E-state index contributed by atoms with van der Waals surface area (Å²) in [6.45, 7) is 0. The highest BCUT2D eigenvalue weighted by atomic mass is 14.7. The van der Waals surface area contributed by atoms with E-state index in [-0.39, 0.29) is 0 Å². The number of hydrogen-bond acceptors (Lipinski definition) is 0. The maximum atomic E-state index is 2.53. The second-order valence-corrected chi connectivity index (χ2v) is 9.63. The van der Waals surface area contributed by atoms with Crippen LogP contribution in [-0.2, 0) is 5.41 Å². The first kappa shape index (κ1) is 12.6. The predicted octanol–water partition coefficient (Wildman–Crippen LogP) is 5.81. The summed E-state index contributed by atoms with van der Waals surface area (Å²) in [5.74, 6) is 4.06. The summed E-state index contributed by atoms with van der Waals surface area (Å²) in [7, 11) is 0. The molecule has 6 atom stereocenters. The van der Waals surface area contributed by atoms with Crippen LogP contribution in [0.4, 0.5) is 0 Å². The van der Waals surface area contributed by atoms with Crippen molar-refractivity contribution in [2.45, 2.75) is 75.5 Å². The molecule has 6 bridgehead atoms. The fourth-order valence-electron chi connectivity index (χ4n) is 7.22. The third kappa shape index (κ3) is 1.60. The minimum atomic E-state index is 0.631. The van der Waals surface area contributed by atoms with Gasteiger partial charge < -0.3 is 0 Å². The van der Waals surface area contributed by atoms with E-state index in [1.54, 1.807) is 24.0 Å². The molecule has 7 rings (SSSR count). The molecule has 0 aromatic heterocycles. The van der Waals surface area contributed by atoms with Crippen molar-refractivity contribution in [3.63, 3.8) is 0 Å². The summed E-state index contributed by atoms with van der Waals surface area (Å²) in [6.07, 6.45) is 15.2. The summed E-state index contributed by atoms with van der Waals surface area (Å²) in [6, 6.07) is 10.1. The van der Waals surface area contributed by atoms with Crippen LogP contribution in [0.25, 0.3) is 0 Å². The Bertz CT molecular complexity index is 613. The van der Waals surface area contributed by atoms with Gasteiger partial charge in [0.25, 0.3) is 0 Å². The molecular formula is C22H28. The van der Waals surface area contributed by atoms with Gasteiger partial charge in [0.15, 0.2) is 0 Å². The molecule has 0 aliphatic heterocycles. The van der Waals surface area contributed by atoms with Crippen molar-refractivity contribution >= 4 is 0 Å². The summed E-state index contributed by atoms with van der Waals surface area (Å²) in [5.41, 5.74) is 4.79. The van der Waals surface area contributed by atoms with E-state index in [4.69, 9.17) is 0 Å². The lowest BCUT2D eigenvalue weighted by molar-refractivity contribution is 0.373. The zero-order valence-electron chi connectivity index (χ0n) is 13.7. The molecule has 0 nitrogen and oxygen atoms in total. The Balaban J connectivity index is 1.36. The Morgan fingerprint density at radius 2 is 1.73 bits per heavy atom. The van der Waals surface area contributed by atoms with E-state index < -0.39 is 0 Å². The maximum absolute atomic E-state index is 2.53. The molecule has 0 radical (unpaired) electrons. The molecule has 4 fully saturated rings. The van der Waals surface area contributed by atoms with Crippen molar-refractivity contribution in [1.82, 2.24) is 0 Å². The van der Waals surface area contributed by atoms with Gasteiger partial charge in [-0.05, 0) is 90.6 Å². The van der Waals surface area contributed by atoms with Gasteiger partial charge in [-0.3, -0.25) is 0 Å². The van der Waals surface area contributed by atoms with Crippen LogP contribution >= 0.6 is 0 Å². The predicted molar refractivity (Wildman–Crippen MR) is 89.9 cm³/mol. The Morgan fingerprint density at radius 3 is 2.64 bits per heavy atom. The molecule has 4 unspecified atom stereocenters. The highest BCUT2D eigenvalue weighted by Crippen LogP contribution is 2.70. The van der Waals surface area contributed by atoms with E-state index in [0.29, 0.717) is 5.41 Å². The van der Waals surface area contributed by atoms with Crippen LogP contribution in [-0.4, -0.2) is 0 Å². The van der Waals surface area contributed by atoms with Gasteiger partial charge in [-0.15, -0.1) is 0 Å². The first-order valence-electron chi connectivity index (χ1n) is 9.88. The first-order valence-corrected chi connectivity index (χ1v) is 9.88. The summed E-state index contributed by atoms with van der Waals surface area (Å²) in [4.78, 5) is 0. The lowest BCUT2D eigenvalue weighted by atomic mass is 9.83. The Kier molecular flexibility index (Phi) is 2.29. The second kappa shape index (κ2) is 4.00. The monoisotopic (exact) mass is 292 g/mol. The maximum Gasteiger partial charge on any atom is -0.00127 e. The van der Waals surface area contributed by atoms with Crippen molar-refractivity contribution in [3.8, 4) is 0 Å². The van der Waals surface area contributed by atoms with E-state index in [1.165, 1.54) is 51.4 Å². The molecule has 0 heterocycles. The Hall–Kier alpha value is -0.780. The van der Waals surface area contributed by atoms with Gasteiger partial charge in [0.05, 0.1) is 0 Å². The van der Waals surface area contributed by atoms with Crippen LogP contribution in [0.2, 0.25) is 0 Å². The van der Waals surface area contributed by atoms with Crippen molar-refractivity contribution in [1.29, 1.82) is 0 Å². The van der Waals surface area contributed by atoms with Crippen molar-refractivity contribution in [2.75, 3.05) is 0 Å². The van der Waals surface area contributed by atoms with Crippen molar-refractivity contribution in [3.05, 3.63) is 35.4 Å². The van der Waals surface area contributed by atoms with Crippen LogP contribution in [0.3, 0.4) is 0 Å². The lowest BCUT2D eigenvalue weighted by Crippen LogP contribution is -2.10. The molecule has 6 aliphatic carbocycles. The minimum Gasteiger partial charge on any atom is -0.0585 e. The topological polar surface area (TPSA) is 0 Å². The van der Waals surface area contributed by atoms with Gasteiger partial charge in [-0.1, -0.05) is 43.5 Å². The molecule has 4 saturated carbocycles. The average molecular weight is 292 g/mol. The van der Waals surface area contributed by atoms with Crippen LogP contribution in [0, 0.1) is 23.2 Å². The summed E-state index contributed by atoms with van der Waals surface area (Å²) < 4.78 is 0. The molecule has 2 spiro atoms. The van der Waals surface area contributed by atoms with E-state index in [1.807, 2.05) is 0 Å². The second-order valence-electron chi connectivity index (χ2n) is 9.63. The molecule has 22 heavy (non-hydrogen) atoms. The SMILES string of the molecule is c1cc2ccc1C1CC3C[C@@]3(CCCCC3CC4C[C@]24C3)C1. The Morgan fingerprint density at radius 1 is 0.818 bits per heavy atom. The standard InChI is InChI=1S/C22H28/c1-2-8-21-12-17(10-19(21)13-21)16-4-6-18(7-5-16)22-11-15(3-1)9-20(22)14-22/h4-7,15,17,19-20H,1-3,8-14H2/t15?,17?,19?,20?,21-,22-/m1/s1. The van der Waals surface area contributed by atoms with E-state index in [0.717, 1.165) is 29.1 Å². The molecule has 1 aromatic rings. The number of fused-ring (bicyclic) bond motifs is 5. The average Bonchev–Trinajstić information content (AvgIpc) is 3.33. The lowest BCUT2D eigenvalue weighted by Gasteiger charge is -2.21. The molecule has 116 valence electrons. The molecule has 6 aliphatic rings.